The lowest BCUT2D eigenvalue weighted by Gasteiger charge is -2.45. The molecule has 3 aromatic heterocycles. The van der Waals surface area contributed by atoms with Gasteiger partial charge in [-0.3, -0.25) is 0 Å². The van der Waals surface area contributed by atoms with Crippen LogP contribution in [-0.4, -0.2) is 36.2 Å². The molecule has 0 amide bonds. The van der Waals surface area contributed by atoms with E-state index in [0.717, 1.165) is 101 Å². The highest BCUT2D eigenvalue weighted by Crippen LogP contribution is 2.53. The largest absolute Gasteiger partial charge is 0.311 e. The Kier molecular flexibility index (Phi) is 12.9. The second kappa shape index (κ2) is 22.3. The van der Waals surface area contributed by atoms with Crippen molar-refractivity contribution in [2.24, 2.45) is 0 Å². The smallest absolute Gasteiger partial charge is 0.252 e. The van der Waals surface area contributed by atoms with Crippen molar-refractivity contribution in [1.82, 2.24) is 29.5 Å². The molecule has 1 aliphatic carbocycles. The minimum absolute atomic E-state index is 0.0514. The third kappa shape index (κ3) is 9.03. The number of para-hydroxylation sites is 5. The van der Waals surface area contributed by atoms with Gasteiger partial charge in [0, 0.05) is 83.6 Å². The van der Waals surface area contributed by atoms with Gasteiger partial charge in [0.2, 0.25) is 0 Å². The van der Waals surface area contributed by atoms with E-state index in [1.807, 2.05) is 36.4 Å². The molecule has 0 spiro atoms. The maximum absolute atomic E-state index is 5.84. The van der Waals surface area contributed by atoms with Gasteiger partial charge in [-0.05, 0) is 135 Å². The Bertz CT molecular complexity index is 5750. The monoisotopic (exact) mass is 1240 g/mol. The first-order valence-electron chi connectivity index (χ1n) is 33.2. The molecule has 3 aliphatic rings. The maximum atomic E-state index is 5.84. The van der Waals surface area contributed by atoms with Crippen LogP contribution in [0.2, 0.25) is 0 Å². The minimum Gasteiger partial charge on any atom is -0.311 e. The molecule has 0 N–H and O–H groups in total. The summed E-state index contributed by atoms with van der Waals surface area (Å²) in [5, 5.41) is 2.34. The second-order valence-electron chi connectivity index (χ2n) is 25.9. The van der Waals surface area contributed by atoms with E-state index in [1.165, 1.54) is 55.1 Å². The van der Waals surface area contributed by atoms with Crippen LogP contribution in [0.15, 0.2) is 322 Å². The van der Waals surface area contributed by atoms with Crippen molar-refractivity contribution in [2.75, 3.05) is 9.80 Å². The molecular weight excluding hydrogens is 1180 g/mol. The van der Waals surface area contributed by atoms with Crippen LogP contribution < -0.4 is 26.2 Å². The zero-order valence-corrected chi connectivity index (χ0v) is 53.3. The molecule has 0 saturated heterocycles. The lowest BCUT2D eigenvalue weighted by Crippen LogP contribution is -2.61. The number of hydrogen-bond donors (Lipinski definition) is 0. The van der Waals surface area contributed by atoms with Gasteiger partial charge in [-0.1, -0.05) is 244 Å². The van der Waals surface area contributed by atoms with Crippen molar-refractivity contribution in [2.45, 2.75) is 19.3 Å². The van der Waals surface area contributed by atoms with Gasteiger partial charge in [-0.15, -0.1) is 0 Å². The zero-order valence-electron chi connectivity index (χ0n) is 53.3. The summed E-state index contributed by atoms with van der Waals surface area (Å²) in [6.45, 7) is 4.66. The van der Waals surface area contributed by atoms with E-state index >= 15 is 0 Å². The number of aromatic nitrogens is 6. The predicted molar refractivity (Wildman–Crippen MR) is 399 cm³/mol. The highest BCUT2D eigenvalue weighted by atomic mass is 15.2. The molecule has 2 aliphatic heterocycles. The van der Waals surface area contributed by atoms with E-state index in [-0.39, 0.29) is 12.1 Å². The van der Waals surface area contributed by atoms with E-state index in [2.05, 4.69) is 313 Å². The molecule has 0 atom stereocenters. The first kappa shape index (κ1) is 56.0. The number of hydrogen-bond acceptors (Lipinski definition) is 7. The maximum Gasteiger partial charge on any atom is 0.252 e. The molecule has 16 aromatic rings. The van der Waals surface area contributed by atoms with Crippen LogP contribution in [-0.2, 0) is 5.41 Å². The lowest BCUT2D eigenvalue weighted by molar-refractivity contribution is 0.661. The number of anilines is 6. The lowest BCUT2D eigenvalue weighted by atomic mass is 9.33. The summed E-state index contributed by atoms with van der Waals surface area (Å²) < 4.78 is 2.45. The number of benzene rings is 13. The summed E-state index contributed by atoms with van der Waals surface area (Å²) >= 11 is 0. The first-order chi connectivity index (χ1) is 47.9. The Labute approximate surface area is 562 Å². The third-order valence-electron chi connectivity index (χ3n) is 20.0. The Morgan fingerprint density at radius 2 is 0.804 bits per heavy atom. The fourth-order valence-electron chi connectivity index (χ4n) is 15.6. The van der Waals surface area contributed by atoms with E-state index in [0.29, 0.717) is 23.3 Å². The average molecular weight is 1240 g/mol. The normalized spacial score (nSPS) is 13.1. The van der Waals surface area contributed by atoms with Gasteiger partial charge < -0.3 is 14.4 Å². The Balaban J connectivity index is 0.854. The predicted octanol–water partition coefficient (Wildman–Crippen LogP) is 19.8. The van der Waals surface area contributed by atoms with Crippen molar-refractivity contribution in [3.8, 4) is 96.0 Å². The fraction of sp³-hybridized carbons (Fsp3) is 0.0341. The molecule has 9 heteroatoms. The van der Waals surface area contributed by atoms with Crippen LogP contribution in [0.3, 0.4) is 0 Å². The standard InChI is InChI=1S/C88H59BN8/c1-88(2)70-41-20-18-39-65(70)67-53-68-66-40-19-23-44-76(66)97(81(68)54-71(67)88)77-49-47-61(87-93-84(57-29-10-4-11-30-57)92-85(94-87)58-31-12-5-13-32-58)52-69(77)75-55-74(56-27-8-3-9-28-56)90-86(91-75)60-34-26-33-59(51-60)64-48-50-80-82-83(64)96(63-37-16-7-17-38-63)79-46-25-22-43-73(79)89(82)72-42-21-24-45-78(72)95(80)62-35-14-6-15-36-62/h3-55H,1-2H3. The molecule has 0 fully saturated rings. The summed E-state index contributed by atoms with van der Waals surface area (Å²) in [7, 11) is 0. The summed E-state index contributed by atoms with van der Waals surface area (Å²) in [5.74, 6) is 2.31. The minimum atomic E-state index is -0.239. The van der Waals surface area contributed by atoms with Gasteiger partial charge in [0.05, 0.1) is 33.8 Å². The summed E-state index contributed by atoms with van der Waals surface area (Å²) in [6, 6.07) is 115. The number of rotatable bonds is 10. The van der Waals surface area contributed by atoms with Crippen LogP contribution >= 0.6 is 0 Å². The van der Waals surface area contributed by atoms with Crippen LogP contribution in [0.5, 0.6) is 0 Å². The Morgan fingerprint density at radius 3 is 1.49 bits per heavy atom. The van der Waals surface area contributed by atoms with Crippen LogP contribution in [0.4, 0.5) is 34.1 Å². The van der Waals surface area contributed by atoms with Crippen molar-refractivity contribution < 1.29 is 0 Å². The highest BCUT2D eigenvalue weighted by Gasteiger charge is 2.44. The van der Waals surface area contributed by atoms with Crippen LogP contribution in [0.25, 0.3) is 118 Å². The van der Waals surface area contributed by atoms with Crippen molar-refractivity contribution in [3.63, 3.8) is 0 Å². The molecule has 0 radical (unpaired) electrons. The number of fused-ring (bicyclic) bond motifs is 10. The Hall–Kier alpha value is -12.6. The van der Waals surface area contributed by atoms with Crippen molar-refractivity contribution in [3.05, 3.63) is 333 Å². The molecule has 19 rings (SSSR count). The van der Waals surface area contributed by atoms with Gasteiger partial charge in [-0.25, -0.2) is 24.9 Å². The average Bonchev–Trinajstić information content (AvgIpc) is 0.830. The quantitative estimate of drug-likeness (QED) is 0.126. The molecule has 0 unspecified atom stereocenters. The van der Waals surface area contributed by atoms with E-state index in [1.54, 1.807) is 0 Å². The molecule has 13 aromatic carbocycles. The SMILES string of the molecule is CC1(C)c2ccccc2-c2cc3c4ccccc4n(-c4ccc(-c5nc(-c6ccccc6)nc(-c6ccccc6)n5)cc4-c4cc(-c5ccccc5)nc(-c5cccc(-c6ccc7c8c6N(c6ccccc6)c6ccccc6B8c6ccccc6N7c6ccccc6)c5)n4)c3cc21. The molecule has 454 valence electrons. The summed E-state index contributed by atoms with van der Waals surface area (Å²) in [4.78, 5) is 32.1. The van der Waals surface area contributed by atoms with Crippen LogP contribution in [0.1, 0.15) is 25.0 Å². The summed E-state index contributed by atoms with van der Waals surface area (Å²) in [6.07, 6.45) is 0. The molecule has 97 heavy (non-hydrogen) atoms. The van der Waals surface area contributed by atoms with Gasteiger partial charge in [0.1, 0.15) is 0 Å². The van der Waals surface area contributed by atoms with E-state index in [4.69, 9.17) is 24.9 Å². The van der Waals surface area contributed by atoms with E-state index in [9.17, 15) is 0 Å². The second-order valence-corrected chi connectivity index (χ2v) is 25.9. The fourth-order valence-corrected chi connectivity index (χ4v) is 15.6. The first-order valence-corrected chi connectivity index (χ1v) is 33.2. The van der Waals surface area contributed by atoms with Gasteiger partial charge in [0.25, 0.3) is 6.71 Å². The third-order valence-corrected chi connectivity index (χ3v) is 20.0. The Morgan fingerprint density at radius 1 is 0.289 bits per heavy atom. The number of nitrogens with zero attached hydrogens (tertiary/aromatic N) is 8. The van der Waals surface area contributed by atoms with Crippen molar-refractivity contribution >= 4 is 79.0 Å². The highest BCUT2D eigenvalue weighted by molar-refractivity contribution is 7.00. The summed E-state index contributed by atoms with van der Waals surface area (Å²) in [5.41, 5.74) is 27.7. The van der Waals surface area contributed by atoms with Crippen LogP contribution in [0, 0.1) is 0 Å². The molecule has 8 nitrogen and oxygen atoms in total. The topological polar surface area (TPSA) is 75.9 Å². The molecule has 0 bridgehead atoms. The van der Waals surface area contributed by atoms with Gasteiger partial charge >= 0.3 is 0 Å². The molecule has 5 heterocycles. The molecular formula is C88H59BN8. The molecule has 0 saturated carbocycles. The van der Waals surface area contributed by atoms with Gasteiger partial charge in [0.15, 0.2) is 23.3 Å². The van der Waals surface area contributed by atoms with Crippen molar-refractivity contribution in [1.29, 1.82) is 0 Å². The zero-order chi connectivity index (χ0) is 64.3. The van der Waals surface area contributed by atoms with Gasteiger partial charge in [-0.2, -0.15) is 0 Å². The van der Waals surface area contributed by atoms with E-state index < -0.39 is 0 Å².